The first-order valence-electron chi connectivity index (χ1n) is 14.2. The lowest BCUT2D eigenvalue weighted by Crippen LogP contribution is -2.78. The fourth-order valence-electron chi connectivity index (χ4n) is 5.01. The zero-order valence-corrected chi connectivity index (χ0v) is 24.5. The highest BCUT2D eigenvalue weighted by Crippen LogP contribution is 2.41. The molecule has 9 heteroatoms. The van der Waals surface area contributed by atoms with Crippen molar-refractivity contribution >= 4 is 17.7 Å². The van der Waals surface area contributed by atoms with Crippen molar-refractivity contribution < 1.29 is 38.8 Å². The summed E-state index contributed by atoms with van der Waals surface area (Å²) in [7, 11) is 0. The Labute approximate surface area is 242 Å². The predicted molar refractivity (Wildman–Crippen MR) is 152 cm³/mol. The van der Waals surface area contributed by atoms with Crippen molar-refractivity contribution in [2.45, 2.75) is 90.1 Å². The van der Waals surface area contributed by atoms with Crippen molar-refractivity contribution in [3.8, 4) is 0 Å². The van der Waals surface area contributed by atoms with E-state index in [-0.39, 0.29) is 19.4 Å². The van der Waals surface area contributed by atoms with Gasteiger partial charge in [0.05, 0.1) is 12.5 Å². The van der Waals surface area contributed by atoms with Crippen LogP contribution >= 0.6 is 0 Å². The molecule has 2 aromatic carbocycles. The van der Waals surface area contributed by atoms with E-state index in [4.69, 9.17) is 14.2 Å². The molecule has 1 amide bonds. The van der Waals surface area contributed by atoms with Gasteiger partial charge in [-0.25, -0.2) is 0 Å². The molecule has 1 saturated heterocycles. The van der Waals surface area contributed by atoms with Gasteiger partial charge in [0.25, 0.3) is 0 Å². The minimum Gasteiger partial charge on any atom is -0.463 e. The zero-order chi connectivity index (χ0) is 30.2. The molecule has 5 atom stereocenters. The van der Waals surface area contributed by atoms with Gasteiger partial charge in [-0.15, -0.1) is 0 Å². The molecule has 1 fully saturated rings. The van der Waals surface area contributed by atoms with Crippen LogP contribution < -0.4 is 5.32 Å². The average molecular weight is 570 g/mol. The molecule has 9 nitrogen and oxygen atoms in total. The molecule has 1 unspecified atom stereocenters. The van der Waals surface area contributed by atoms with E-state index >= 15 is 0 Å². The maximum absolute atomic E-state index is 13.8. The third-order valence-corrected chi connectivity index (χ3v) is 7.19. The fourth-order valence-corrected chi connectivity index (χ4v) is 5.01. The Morgan fingerprint density at radius 2 is 1.51 bits per heavy atom. The molecule has 3 rings (SSSR count). The smallest absolute Gasteiger partial charge is 0.308 e. The van der Waals surface area contributed by atoms with E-state index < -0.39 is 65.7 Å². The van der Waals surface area contributed by atoms with Gasteiger partial charge in [0.1, 0.15) is 24.9 Å². The van der Waals surface area contributed by atoms with E-state index in [2.05, 4.69) is 5.32 Å². The van der Waals surface area contributed by atoms with Gasteiger partial charge in [0.15, 0.2) is 17.2 Å². The minimum absolute atomic E-state index is 0.0285. The number of ketones is 1. The molecule has 3 N–H and O–H groups in total. The lowest BCUT2D eigenvalue weighted by Gasteiger charge is -2.54. The zero-order valence-electron chi connectivity index (χ0n) is 24.5. The van der Waals surface area contributed by atoms with Crippen LogP contribution in [0.5, 0.6) is 0 Å². The molecule has 41 heavy (non-hydrogen) atoms. The standard InChI is InChI=1S/C32H43NO8/c1-6-13-26(34)33-27-29(39-19-24-16-11-8-12-17-24)32(38,28(35)21(2)3)25(20-40-30(36)22(4)5)41-31(27,37)18-23-14-9-7-10-15-23/h7-12,14-17,21-22,25,27,29,37-38H,6,13,18-20H2,1-5H3,(H,33,34)/t25-,27-,29-,31?,32+/m1/s1. The van der Waals surface area contributed by atoms with Crippen molar-refractivity contribution in [2.75, 3.05) is 6.61 Å². The summed E-state index contributed by atoms with van der Waals surface area (Å²) in [4.78, 5) is 39.2. The number of aliphatic hydroxyl groups is 2. The van der Waals surface area contributed by atoms with Gasteiger partial charge in [0, 0.05) is 18.8 Å². The number of amides is 1. The highest BCUT2D eigenvalue weighted by Gasteiger charge is 2.65. The van der Waals surface area contributed by atoms with Crippen LogP contribution in [0.3, 0.4) is 0 Å². The summed E-state index contributed by atoms with van der Waals surface area (Å²) in [6.45, 7) is 7.87. The molecule has 0 spiro atoms. The molecule has 1 aliphatic rings. The Kier molecular flexibility index (Phi) is 11.2. The molecule has 0 aromatic heterocycles. The Bertz CT molecular complexity index is 1150. The number of Topliss-reactive ketones (excluding diaryl/α,β-unsaturated/α-hetero) is 1. The molecule has 0 radical (unpaired) electrons. The maximum Gasteiger partial charge on any atom is 0.308 e. The number of nitrogens with one attached hydrogen (secondary N) is 1. The second-order valence-electron chi connectivity index (χ2n) is 11.3. The summed E-state index contributed by atoms with van der Waals surface area (Å²) < 4.78 is 17.9. The highest BCUT2D eigenvalue weighted by atomic mass is 16.7. The Balaban J connectivity index is 2.16. The van der Waals surface area contributed by atoms with Crippen LogP contribution in [0.25, 0.3) is 0 Å². The van der Waals surface area contributed by atoms with E-state index in [1.54, 1.807) is 52.0 Å². The summed E-state index contributed by atoms with van der Waals surface area (Å²) in [6.07, 6.45) is -2.36. The predicted octanol–water partition coefficient (Wildman–Crippen LogP) is 3.34. The van der Waals surface area contributed by atoms with E-state index in [9.17, 15) is 24.6 Å². The Morgan fingerprint density at radius 1 is 0.927 bits per heavy atom. The summed E-state index contributed by atoms with van der Waals surface area (Å²) in [6, 6.07) is 16.8. The van der Waals surface area contributed by atoms with Gasteiger partial charge in [-0.2, -0.15) is 0 Å². The largest absolute Gasteiger partial charge is 0.463 e. The Hall–Kier alpha value is -3.11. The SMILES string of the molecule is CCCC(=O)N[C@@H]1[C@@H](OCc2ccccc2)[C@@](O)(C(=O)C(C)C)[C@@H](COC(=O)C(C)C)OC1(O)Cc1ccccc1. The van der Waals surface area contributed by atoms with Crippen LogP contribution in [0, 0.1) is 11.8 Å². The lowest BCUT2D eigenvalue weighted by atomic mass is 9.73. The molecule has 0 saturated carbocycles. The summed E-state index contributed by atoms with van der Waals surface area (Å²) in [5.74, 6) is -4.86. The summed E-state index contributed by atoms with van der Waals surface area (Å²) >= 11 is 0. The van der Waals surface area contributed by atoms with Gasteiger partial charge in [0.2, 0.25) is 5.91 Å². The number of hydrogen-bond donors (Lipinski definition) is 3. The number of rotatable bonds is 13. The average Bonchev–Trinajstić information content (AvgIpc) is 2.94. The van der Waals surface area contributed by atoms with Crippen molar-refractivity contribution in [2.24, 2.45) is 11.8 Å². The van der Waals surface area contributed by atoms with Gasteiger partial charge in [-0.05, 0) is 17.5 Å². The second-order valence-corrected chi connectivity index (χ2v) is 11.3. The van der Waals surface area contributed by atoms with E-state index in [1.165, 1.54) is 0 Å². The van der Waals surface area contributed by atoms with Crippen LogP contribution in [0.4, 0.5) is 0 Å². The minimum atomic E-state index is -2.38. The third-order valence-electron chi connectivity index (χ3n) is 7.19. The first-order chi connectivity index (χ1) is 19.4. The van der Waals surface area contributed by atoms with Crippen molar-refractivity contribution in [1.29, 1.82) is 0 Å². The first kappa shape index (κ1) is 32.4. The maximum atomic E-state index is 13.8. The quantitative estimate of drug-likeness (QED) is 0.313. The number of carbonyl (C=O) groups is 3. The molecule has 224 valence electrons. The highest BCUT2D eigenvalue weighted by molar-refractivity contribution is 5.91. The number of benzene rings is 2. The number of hydrogen-bond acceptors (Lipinski definition) is 8. The molecule has 2 aromatic rings. The molecule has 0 bridgehead atoms. The second kappa shape index (κ2) is 14.2. The van der Waals surface area contributed by atoms with Crippen molar-refractivity contribution in [1.82, 2.24) is 5.32 Å². The van der Waals surface area contributed by atoms with Crippen molar-refractivity contribution in [3.63, 3.8) is 0 Å². The fraction of sp³-hybridized carbons (Fsp3) is 0.531. The molecular formula is C32H43NO8. The molecular weight excluding hydrogens is 526 g/mol. The third kappa shape index (κ3) is 7.80. The topological polar surface area (TPSA) is 131 Å². The van der Waals surface area contributed by atoms with Crippen LogP contribution in [-0.2, 0) is 41.6 Å². The van der Waals surface area contributed by atoms with Crippen molar-refractivity contribution in [3.05, 3.63) is 71.8 Å². The Morgan fingerprint density at radius 3 is 2.05 bits per heavy atom. The molecule has 1 heterocycles. The van der Waals surface area contributed by atoms with Crippen LogP contribution in [0.1, 0.15) is 58.6 Å². The van der Waals surface area contributed by atoms with Gasteiger partial charge in [-0.1, -0.05) is 95.3 Å². The number of ether oxygens (including phenoxy) is 3. The van der Waals surface area contributed by atoms with Crippen LogP contribution in [0.2, 0.25) is 0 Å². The van der Waals surface area contributed by atoms with E-state index in [0.717, 1.165) is 5.56 Å². The van der Waals surface area contributed by atoms with Gasteiger partial charge >= 0.3 is 5.97 Å². The summed E-state index contributed by atoms with van der Waals surface area (Å²) in [5.41, 5.74) is -0.940. The van der Waals surface area contributed by atoms with E-state index in [0.29, 0.717) is 12.0 Å². The lowest BCUT2D eigenvalue weighted by molar-refractivity contribution is -0.343. The van der Waals surface area contributed by atoms with Crippen LogP contribution in [0.15, 0.2) is 60.7 Å². The number of esters is 1. The monoisotopic (exact) mass is 569 g/mol. The van der Waals surface area contributed by atoms with Gasteiger partial charge < -0.3 is 29.7 Å². The molecule has 1 aliphatic heterocycles. The number of carbonyl (C=O) groups excluding carboxylic acids is 3. The summed E-state index contributed by atoms with van der Waals surface area (Å²) in [5, 5.41) is 27.3. The first-order valence-corrected chi connectivity index (χ1v) is 14.2. The normalized spacial score (nSPS) is 26.1. The van der Waals surface area contributed by atoms with Crippen LogP contribution in [-0.4, -0.2) is 64.1 Å². The van der Waals surface area contributed by atoms with E-state index in [1.807, 2.05) is 43.3 Å². The molecule has 0 aliphatic carbocycles. The van der Waals surface area contributed by atoms with Gasteiger partial charge in [-0.3, -0.25) is 14.4 Å².